The van der Waals surface area contributed by atoms with Crippen molar-refractivity contribution in [2.75, 3.05) is 6.61 Å². The first-order valence-electron chi connectivity index (χ1n) is 4.59. The fraction of sp³-hybridized carbons (Fsp3) is 0.778. The molecular formula is C9H13NO3. The van der Waals surface area contributed by atoms with Crippen LogP contribution in [0, 0.1) is 0 Å². The molecule has 0 aromatic heterocycles. The van der Waals surface area contributed by atoms with Gasteiger partial charge in [0.15, 0.2) is 5.78 Å². The van der Waals surface area contributed by atoms with Crippen LogP contribution in [0.4, 0.5) is 0 Å². The van der Waals surface area contributed by atoms with Crippen molar-refractivity contribution >= 4 is 11.7 Å². The first-order valence-corrected chi connectivity index (χ1v) is 4.59. The first kappa shape index (κ1) is 8.69. The molecule has 1 amide bonds. The smallest absolute Gasteiger partial charge is 0.228 e. The van der Waals surface area contributed by atoms with E-state index in [0.29, 0.717) is 6.61 Å². The van der Waals surface area contributed by atoms with E-state index in [-0.39, 0.29) is 24.2 Å². The minimum absolute atomic E-state index is 0.0103. The number of hydrogen-bond donors (Lipinski definition) is 1. The summed E-state index contributed by atoms with van der Waals surface area (Å²) in [5, 5.41) is 2.71. The second kappa shape index (κ2) is 2.80. The summed E-state index contributed by atoms with van der Waals surface area (Å²) in [6.45, 7) is 2.46. The fourth-order valence-corrected chi connectivity index (χ4v) is 2.03. The van der Waals surface area contributed by atoms with Crippen LogP contribution < -0.4 is 5.32 Å². The third-order valence-electron chi connectivity index (χ3n) is 2.87. The Kier molecular flexibility index (Phi) is 1.87. The topological polar surface area (TPSA) is 55.4 Å². The SMILES string of the molecule is CC1(C2CCCO2)NC(=O)CC1=O. The van der Waals surface area contributed by atoms with E-state index in [9.17, 15) is 9.59 Å². The largest absolute Gasteiger partial charge is 0.375 e. The molecule has 2 rings (SSSR count). The molecule has 2 fully saturated rings. The van der Waals surface area contributed by atoms with Gasteiger partial charge in [-0.15, -0.1) is 0 Å². The lowest BCUT2D eigenvalue weighted by Gasteiger charge is -2.28. The molecule has 2 aliphatic heterocycles. The number of hydrogen-bond acceptors (Lipinski definition) is 3. The normalized spacial score (nSPS) is 39.6. The number of rotatable bonds is 1. The van der Waals surface area contributed by atoms with Gasteiger partial charge in [0.1, 0.15) is 5.54 Å². The highest BCUT2D eigenvalue weighted by Crippen LogP contribution is 2.28. The van der Waals surface area contributed by atoms with Crippen molar-refractivity contribution in [1.82, 2.24) is 5.32 Å². The Balaban J connectivity index is 2.18. The molecule has 72 valence electrons. The maximum Gasteiger partial charge on any atom is 0.228 e. The number of nitrogens with one attached hydrogen (secondary N) is 1. The van der Waals surface area contributed by atoms with Gasteiger partial charge in [0.2, 0.25) is 5.91 Å². The van der Waals surface area contributed by atoms with Gasteiger partial charge < -0.3 is 10.1 Å². The van der Waals surface area contributed by atoms with Crippen LogP contribution in [0.15, 0.2) is 0 Å². The molecule has 0 aromatic rings. The lowest BCUT2D eigenvalue weighted by atomic mass is 9.90. The molecule has 2 heterocycles. The minimum Gasteiger partial charge on any atom is -0.375 e. The number of Topliss-reactive ketones (excluding diaryl/α,β-unsaturated/α-hetero) is 1. The lowest BCUT2D eigenvalue weighted by Crippen LogP contribution is -2.53. The van der Waals surface area contributed by atoms with Crippen LogP contribution in [0.2, 0.25) is 0 Å². The molecule has 2 saturated heterocycles. The maximum atomic E-state index is 11.5. The summed E-state index contributed by atoms with van der Waals surface area (Å²) in [7, 11) is 0. The summed E-state index contributed by atoms with van der Waals surface area (Å²) >= 11 is 0. The molecular weight excluding hydrogens is 170 g/mol. The summed E-state index contributed by atoms with van der Waals surface area (Å²) in [6, 6.07) is 0. The molecule has 4 heteroatoms. The van der Waals surface area contributed by atoms with Crippen LogP contribution in [0.3, 0.4) is 0 Å². The van der Waals surface area contributed by atoms with E-state index in [1.54, 1.807) is 6.92 Å². The van der Waals surface area contributed by atoms with Gasteiger partial charge in [0, 0.05) is 6.61 Å². The molecule has 0 aromatic carbocycles. The van der Waals surface area contributed by atoms with Crippen molar-refractivity contribution < 1.29 is 14.3 Å². The van der Waals surface area contributed by atoms with E-state index in [0.717, 1.165) is 12.8 Å². The van der Waals surface area contributed by atoms with Crippen LogP contribution in [0.5, 0.6) is 0 Å². The van der Waals surface area contributed by atoms with Crippen LogP contribution in [-0.4, -0.2) is 29.9 Å². The predicted octanol–water partition coefficient (Wildman–Crippen LogP) is 0.0131. The standard InChI is InChI=1S/C9H13NO3/c1-9(7-3-2-4-13-7)6(11)5-8(12)10-9/h7H,2-5H2,1H3,(H,10,12). The zero-order valence-corrected chi connectivity index (χ0v) is 7.63. The van der Waals surface area contributed by atoms with Gasteiger partial charge in [-0.25, -0.2) is 0 Å². The predicted molar refractivity (Wildman–Crippen MR) is 45.1 cm³/mol. The molecule has 0 radical (unpaired) electrons. The molecule has 0 aliphatic carbocycles. The Morgan fingerprint density at radius 3 is 2.77 bits per heavy atom. The summed E-state index contributed by atoms with van der Waals surface area (Å²) in [5.41, 5.74) is -0.756. The van der Waals surface area contributed by atoms with Crippen molar-refractivity contribution in [1.29, 1.82) is 0 Å². The van der Waals surface area contributed by atoms with Gasteiger partial charge in [-0.05, 0) is 19.8 Å². The highest BCUT2D eigenvalue weighted by Gasteiger charge is 2.49. The van der Waals surface area contributed by atoms with Crippen LogP contribution in [0.1, 0.15) is 26.2 Å². The minimum atomic E-state index is -0.756. The Labute approximate surface area is 76.6 Å². The van der Waals surface area contributed by atoms with E-state index >= 15 is 0 Å². The molecule has 1 N–H and O–H groups in total. The van der Waals surface area contributed by atoms with Crippen LogP contribution in [0.25, 0.3) is 0 Å². The fourth-order valence-electron chi connectivity index (χ4n) is 2.03. The molecule has 0 spiro atoms. The summed E-state index contributed by atoms with van der Waals surface area (Å²) in [5.74, 6) is -0.215. The third kappa shape index (κ3) is 1.25. The first-order chi connectivity index (χ1) is 6.13. The van der Waals surface area contributed by atoms with Gasteiger partial charge in [-0.3, -0.25) is 9.59 Å². The lowest BCUT2D eigenvalue weighted by molar-refractivity contribution is -0.126. The Bertz CT molecular complexity index is 258. The Morgan fingerprint density at radius 2 is 2.31 bits per heavy atom. The summed E-state index contributed by atoms with van der Waals surface area (Å²) in [6.07, 6.45) is 1.73. The van der Waals surface area contributed by atoms with Crippen molar-refractivity contribution in [2.45, 2.75) is 37.8 Å². The van der Waals surface area contributed by atoms with Crippen LogP contribution in [-0.2, 0) is 14.3 Å². The van der Waals surface area contributed by atoms with E-state index in [4.69, 9.17) is 4.74 Å². The van der Waals surface area contributed by atoms with Crippen molar-refractivity contribution in [3.63, 3.8) is 0 Å². The Hall–Kier alpha value is -0.900. The quantitative estimate of drug-likeness (QED) is 0.583. The second-order valence-corrected chi connectivity index (χ2v) is 3.85. The molecule has 2 atom stereocenters. The monoisotopic (exact) mass is 183 g/mol. The summed E-state index contributed by atoms with van der Waals surface area (Å²) in [4.78, 5) is 22.6. The number of carbonyl (C=O) groups is 2. The van der Waals surface area contributed by atoms with Crippen molar-refractivity contribution in [2.24, 2.45) is 0 Å². The van der Waals surface area contributed by atoms with E-state index < -0.39 is 5.54 Å². The number of carbonyl (C=O) groups excluding carboxylic acids is 2. The molecule has 0 bridgehead atoms. The number of ketones is 1. The highest BCUT2D eigenvalue weighted by atomic mass is 16.5. The van der Waals surface area contributed by atoms with Crippen molar-refractivity contribution in [3.8, 4) is 0 Å². The number of ether oxygens (including phenoxy) is 1. The maximum absolute atomic E-state index is 11.5. The van der Waals surface area contributed by atoms with Crippen LogP contribution >= 0.6 is 0 Å². The van der Waals surface area contributed by atoms with E-state index in [1.807, 2.05) is 0 Å². The molecule has 0 saturated carbocycles. The van der Waals surface area contributed by atoms with Gasteiger partial charge in [0.25, 0.3) is 0 Å². The number of amides is 1. The zero-order chi connectivity index (χ0) is 9.47. The molecule has 2 aliphatic rings. The van der Waals surface area contributed by atoms with E-state index in [2.05, 4.69) is 5.32 Å². The Morgan fingerprint density at radius 1 is 1.54 bits per heavy atom. The molecule has 13 heavy (non-hydrogen) atoms. The average molecular weight is 183 g/mol. The molecule has 2 unspecified atom stereocenters. The second-order valence-electron chi connectivity index (χ2n) is 3.85. The highest BCUT2D eigenvalue weighted by molar-refractivity contribution is 6.10. The van der Waals surface area contributed by atoms with Gasteiger partial charge in [-0.1, -0.05) is 0 Å². The third-order valence-corrected chi connectivity index (χ3v) is 2.87. The van der Waals surface area contributed by atoms with Crippen molar-refractivity contribution in [3.05, 3.63) is 0 Å². The van der Waals surface area contributed by atoms with Gasteiger partial charge >= 0.3 is 0 Å². The average Bonchev–Trinajstić information content (AvgIpc) is 2.61. The molecule has 4 nitrogen and oxygen atoms in total. The van der Waals surface area contributed by atoms with Gasteiger partial charge in [-0.2, -0.15) is 0 Å². The van der Waals surface area contributed by atoms with E-state index in [1.165, 1.54) is 0 Å². The van der Waals surface area contributed by atoms with Gasteiger partial charge in [0.05, 0.1) is 12.5 Å². The summed E-state index contributed by atoms with van der Waals surface area (Å²) < 4.78 is 5.42. The zero-order valence-electron chi connectivity index (χ0n) is 7.63.